The largest absolute Gasteiger partial charge is 0.478 e. The van der Waals surface area contributed by atoms with Gasteiger partial charge in [0.15, 0.2) is 0 Å². The number of benzene rings is 2. The van der Waals surface area contributed by atoms with E-state index in [1.54, 1.807) is 12.1 Å². The lowest BCUT2D eigenvalue weighted by Gasteiger charge is -2.27. The van der Waals surface area contributed by atoms with E-state index in [4.69, 9.17) is 11.5 Å². The average molecular weight is 314 g/mol. The Bertz CT molecular complexity index is 732. The first-order valence-electron chi connectivity index (χ1n) is 6.90. The van der Waals surface area contributed by atoms with Crippen molar-refractivity contribution >= 4 is 23.3 Å². The van der Waals surface area contributed by atoms with E-state index in [0.717, 1.165) is 0 Å². The van der Waals surface area contributed by atoms with E-state index in [0.29, 0.717) is 22.5 Å². The van der Waals surface area contributed by atoms with Crippen LogP contribution in [0.15, 0.2) is 36.4 Å². The van der Waals surface area contributed by atoms with Crippen LogP contribution in [-0.4, -0.2) is 22.2 Å². The molecule has 0 fully saturated rings. The number of nitrogen functional groups attached to an aromatic ring is 2. The lowest BCUT2D eigenvalue weighted by molar-refractivity contribution is 0.0686. The zero-order valence-electron chi connectivity index (χ0n) is 12.8. The number of carboxylic acid groups (broad SMARTS) is 2. The van der Waals surface area contributed by atoms with Crippen LogP contribution < -0.4 is 11.5 Å². The minimum Gasteiger partial charge on any atom is -0.478 e. The summed E-state index contributed by atoms with van der Waals surface area (Å²) >= 11 is 0. The summed E-state index contributed by atoms with van der Waals surface area (Å²) in [4.78, 5) is 22.4. The highest BCUT2D eigenvalue weighted by Crippen LogP contribution is 2.34. The zero-order valence-corrected chi connectivity index (χ0v) is 12.8. The fourth-order valence-electron chi connectivity index (χ4n) is 2.44. The molecule has 0 aliphatic carbocycles. The van der Waals surface area contributed by atoms with Gasteiger partial charge in [-0.3, -0.25) is 0 Å². The van der Waals surface area contributed by atoms with Gasteiger partial charge >= 0.3 is 11.9 Å². The van der Waals surface area contributed by atoms with Crippen LogP contribution >= 0.6 is 0 Å². The molecule has 0 spiro atoms. The van der Waals surface area contributed by atoms with Gasteiger partial charge in [-0.2, -0.15) is 0 Å². The van der Waals surface area contributed by atoms with Gasteiger partial charge in [0.05, 0.1) is 11.1 Å². The van der Waals surface area contributed by atoms with Crippen molar-refractivity contribution in [3.05, 3.63) is 58.7 Å². The van der Waals surface area contributed by atoms with E-state index in [1.165, 1.54) is 24.3 Å². The summed E-state index contributed by atoms with van der Waals surface area (Å²) in [5.74, 6) is -2.15. The molecule has 0 atom stereocenters. The van der Waals surface area contributed by atoms with Crippen LogP contribution in [0.3, 0.4) is 0 Å². The van der Waals surface area contributed by atoms with Crippen LogP contribution in [0.2, 0.25) is 0 Å². The Balaban J connectivity index is 2.62. The number of anilines is 2. The second-order valence-corrected chi connectivity index (χ2v) is 5.92. The fraction of sp³-hybridized carbons (Fsp3) is 0.176. The molecule has 2 aromatic rings. The number of carboxylic acids is 2. The maximum Gasteiger partial charge on any atom is 0.335 e. The minimum atomic E-state index is -1.08. The van der Waals surface area contributed by atoms with E-state index >= 15 is 0 Å². The molecule has 0 heterocycles. The summed E-state index contributed by atoms with van der Waals surface area (Å²) in [5.41, 5.74) is 13.1. The maximum absolute atomic E-state index is 11.2. The molecule has 0 unspecified atom stereocenters. The van der Waals surface area contributed by atoms with Gasteiger partial charge in [0.2, 0.25) is 0 Å². The Morgan fingerprint density at radius 1 is 0.783 bits per heavy atom. The summed E-state index contributed by atoms with van der Waals surface area (Å²) in [6, 6.07) is 9.17. The first-order chi connectivity index (χ1) is 10.6. The van der Waals surface area contributed by atoms with Crippen molar-refractivity contribution in [1.82, 2.24) is 0 Å². The molecule has 0 radical (unpaired) electrons. The first kappa shape index (κ1) is 16.4. The summed E-state index contributed by atoms with van der Waals surface area (Å²) in [6.45, 7) is 3.71. The van der Waals surface area contributed by atoms with Crippen LogP contribution in [-0.2, 0) is 5.41 Å². The van der Waals surface area contributed by atoms with Crippen LogP contribution in [0.4, 0.5) is 11.4 Å². The van der Waals surface area contributed by atoms with Gasteiger partial charge in [-0.05, 0) is 47.5 Å². The van der Waals surface area contributed by atoms with Gasteiger partial charge in [0, 0.05) is 16.8 Å². The third-order valence-corrected chi connectivity index (χ3v) is 3.85. The lowest BCUT2D eigenvalue weighted by atomic mass is 9.77. The van der Waals surface area contributed by atoms with Crippen LogP contribution in [0.5, 0.6) is 0 Å². The minimum absolute atomic E-state index is 0.0791. The predicted octanol–water partition coefficient (Wildman–Crippen LogP) is 2.57. The number of aromatic carboxylic acids is 2. The topological polar surface area (TPSA) is 127 Å². The number of rotatable bonds is 4. The summed E-state index contributed by atoms with van der Waals surface area (Å²) in [5, 5.41) is 18.4. The highest BCUT2D eigenvalue weighted by molar-refractivity contribution is 5.90. The van der Waals surface area contributed by atoms with Gasteiger partial charge in [0.1, 0.15) is 0 Å². The van der Waals surface area contributed by atoms with Gasteiger partial charge in [-0.15, -0.1) is 0 Å². The predicted molar refractivity (Wildman–Crippen MR) is 87.8 cm³/mol. The van der Waals surface area contributed by atoms with Crippen molar-refractivity contribution in [2.75, 3.05) is 11.5 Å². The molecule has 0 aromatic heterocycles. The number of hydrogen-bond acceptors (Lipinski definition) is 4. The standard InChI is InChI=1S/C17H18N2O4/c1-17(2,11-3-9(15(20)21)5-13(18)7-11)12-4-10(16(22)23)6-14(19)8-12/h3-8H,18-19H2,1-2H3,(H,20,21)(H,22,23). The highest BCUT2D eigenvalue weighted by atomic mass is 16.4. The summed E-state index contributed by atoms with van der Waals surface area (Å²) < 4.78 is 0. The van der Waals surface area contributed by atoms with Crippen LogP contribution in [0.1, 0.15) is 45.7 Å². The molecule has 0 aliphatic rings. The molecule has 0 amide bonds. The van der Waals surface area contributed by atoms with Crippen molar-refractivity contribution in [3.63, 3.8) is 0 Å². The Kier molecular flexibility index (Phi) is 4.01. The molecule has 6 nitrogen and oxygen atoms in total. The smallest absolute Gasteiger partial charge is 0.335 e. The maximum atomic E-state index is 11.2. The molecule has 0 bridgehead atoms. The molecule has 2 rings (SSSR count). The lowest BCUT2D eigenvalue weighted by Crippen LogP contribution is -2.21. The normalized spacial score (nSPS) is 11.2. The molecule has 0 aliphatic heterocycles. The summed E-state index contributed by atoms with van der Waals surface area (Å²) in [7, 11) is 0. The molecule has 23 heavy (non-hydrogen) atoms. The Labute approximate surface area is 133 Å². The Hall–Kier alpha value is -3.02. The van der Waals surface area contributed by atoms with Gasteiger partial charge in [-0.1, -0.05) is 13.8 Å². The third-order valence-electron chi connectivity index (χ3n) is 3.85. The molecule has 6 heteroatoms. The van der Waals surface area contributed by atoms with E-state index in [-0.39, 0.29) is 11.1 Å². The first-order valence-corrected chi connectivity index (χ1v) is 6.90. The van der Waals surface area contributed by atoms with Gasteiger partial charge < -0.3 is 21.7 Å². The second-order valence-electron chi connectivity index (χ2n) is 5.92. The van der Waals surface area contributed by atoms with E-state index in [9.17, 15) is 19.8 Å². The van der Waals surface area contributed by atoms with E-state index in [2.05, 4.69) is 0 Å². The van der Waals surface area contributed by atoms with Crippen molar-refractivity contribution in [1.29, 1.82) is 0 Å². The summed E-state index contributed by atoms with van der Waals surface area (Å²) in [6.07, 6.45) is 0. The number of nitrogens with two attached hydrogens (primary N) is 2. The number of carbonyl (C=O) groups is 2. The van der Waals surface area contributed by atoms with Gasteiger partial charge in [0.25, 0.3) is 0 Å². The molecule has 0 saturated carbocycles. The average Bonchev–Trinajstić information content (AvgIpc) is 2.45. The molecule has 0 saturated heterocycles. The molecular weight excluding hydrogens is 296 g/mol. The van der Waals surface area contributed by atoms with Crippen molar-refractivity contribution < 1.29 is 19.8 Å². The van der Waals surface area contributed by atoms with Crippen LogP contribution in [0.25, 0.3) is 0 Å². The van der Waals surface area contributed by atoms with Crippen LogP contribution in [0, 0.1) is 0 Å². The quantitative estimate of drug-likeness (QED) is 0.642. The monoisotopic (exact) mass is 314 g/mol. The molecular formula is C17H18N2O4. The molecule has 6 N–H and O–H groups in total. The number of hydrogen-bond donors (Lipinski definition) is 4. The SMILES string of the molecule is CC(C)(c1cc(N)cc(C(=O)O)c1)c1cc(N)cc(C(=O)O)c1. The Morgan fingerprint density at radius 2 is 1.13 bits per heavy atom. The second kappa shape index (κ2) is 5.64. The van der Waals surface area contributed by atoms with E-state index < -0.39 is 17.4 Å². The van der Waals surface area contributed by atoms with Gasteiger partial charge in [-0.25, -0.2) is 9.59 Å². The highest BCUT2D eigenvalue weighted by Gasteiger charge is 2.26. The fourth-order valence-corrected chi connectivity index (χ4v) is 2.44. The van der Waals surface area contributed by atoms with Crippen molar-refractivity contribution in [3.8, 4) is 0 Å². The van der Waals surface area contributed by atoms with Crippen molar-refractivity contribution in [2.45, 2.75) is 19.3 Å². The zero-order chi connectivity index (χ0) is 17.4. The van der Waals surface area contributed by atoms with Crippen molar-refractivity contribution in [2.24, 2.45) is 0 Å². The third kappa shape index (κ3) is 3.26. The molecule has 120 valence electrons. The van der Waals surface area contributed by atoms with E-state index in [1.807, 2.05) is 13.8 Å². The Morgan fingerprint density at radius 3 is 1.43 bits per heavy atom. The molecule has 2 aromatic carbocycles.